The predicted octanol–water partition coefficient (Wildman–Crippen LogP) is 1.15. The number of hydrogen-bond donors (Lipinski definition) is 1. The minimum absolute atomic E-state index is 0.201. The van der Waals surface area contributed by atoms with Gasteiger partial charge >= 0.3 is 5.97 Å². The van der Waals surface area contributed by atoms with Gasteiger partial charge in [0.05, 0.1) is 12.0 Å². The summed E-state index contributed by atoms with van der Waals surface area (Å²) < 4.78 is 30.8. The van der Waals surface area contributed by atoms with Crippen molar-refractivity contribution < 1.29 is 22.7 Å². The lowest BCUT2D eigenvalue weighted by molar-refractivity contribution is -0.140. The second-order valence-corrected chi connectivity index (χ2v) is 7.51. The van der Waals surface area contributed by atoms with Gasteiger partial charge in [0.1, 0.15) is 0 Å². The van der Waals surface area contributed by atoms with Crippen LogP contribution < -0.4 is 5.32 Å². The number of amides is 1. The molecule has 1 N–H and O–H groups in total. The summed E-state index contributed by atoms with van der Waals surface area (Å²) in [5.74, 6) is -0.620. The van der Waals surface area contributed by atoms with Gasteiger partial charge < -0.3 is 10.1 Å². The van der Waals surface area contributed by atoms with Gasteiger partial charge in [0.25, 0.3) is 5.91 Å². The number of ether oxygens (including phenoxy) is 1. The third-order valence-corrected chi connectivity index (χ3v) is 5.80. The zero-order chi connectivity index (χ0) is 17.6. The first kappa shape index (κ1) is 18.4. The molecule has 0 radical (unpaired) electrons. The molecule has 1 heterocycles. The minimum atomic E-state index is -3.46. The van der Waals surface area contributed by atoms with Crippen LogP contribution in [0, 0.1) is 0 Å². The highest BCUT2D eigenvalue weighted by atomic mass is 32.2. The number of benzene rings is 1. The third kappa shape index (κ3) is 4.55. The lowest BCUT2D eigenvalue weighted by atomic mass is 10.2. The third-order valence-electron chi connectivity index (χ3n) is 3.89. The van der Waals surface area contributed by atoms with E-state index in [0.29, 0.717) is 31.6 Å². The molecule has 1 aromatic carbocycles. The summed E-state index contributed by atoms with van der Waals surface area (Å²) in [6.45, 7) is 1.44. The summed E-state index contributed by atoms with van der Waals surface area (Å²) in [5, 5.41) is 2.69. The second-order valence-electron chi connectivity index (χ2n) is 5.57. The van der Waals surface area contributed by atoms with Crippen LogP contribution in [0.1, 0.15) is 36.0 Å². The lowest BCUT2D eigenvalue weighted by Gasteiger charge is -2.15. The SMILES string of the molecule is COC(=O)CCCNC(=O)c1ccc(S(=O)(=O)N2CCCC2)cc1. The first-order valence-corrected chi connectivity index (χ1v) is 9.34. The van der Waals surface area contributed by atoms with E-state index in [1.54, 1.807) is 0 Å². The molecule has 24 heavy (non-hydrogen) atoms. The van der Waals surface area contributed by atoms with Crippen LogP contribution in [0.4, 0.5) is 0 Å². The Morgan fingerprint density at radius 3 is 2.38 bits per heavy atom. The molecular formula is C16H22N2O5S. The van der Waals surface area contributed by atoms with Crippen molar-refractivity contribution in [1.82, 2.24) is 9.62 Å². The molecule has 0 aromatic heterocycles. The van der Waals surface area contributed by atoms with Gasteiger partial charge in [-0.1, -0.05) is 0 Å². The number of sulfonamides is 1. The molecule has 0 atom stereocenters. The number of carbonyl (C=O) groups excluding carboxylic acids is 2. The maximum atomic E-state index is 12.4. The molecule has 2 rings (SSSR count). The second kappa shape index (κ2) is 8.25. The van der Waals surface area contributed by atoms with Gasteiger partial charge in [-0.3, -0.25) is 9.59 Å². The maximum Gasteiger partial charge on any atom is 0.305 e. The molecule has 0 bridgehead atoms. The summed E-state index contributed by atoms with van der Waals surface area (Å²) in [5.41, 5.74) is 0.383. The Kier molecular flexibility index (Phi) is 6.33. The fourth-order valence-electron chi connectivity index (χ4n) is 2.49. The molecule has 1 amide bonds. The number of methoxy groups -OCH3 is 1. The fraction of sp³-hybridized carbons (Fsp3) is 0.500. The Labute approximate surface area is 142 Å². The Balaban J connectivity index is 1.91. The summed E-state index contributed by atoms with van der Waals surface area (Å²) >= 11 is 0. The Hall–Kier alpha value is -1.93. The zero-order valence-corrected chi connectivity index (χ0v) is 14.5. The number of hydrogen-bond acceptors (Lipinski definition) is 5. The molecule has 0 unspecified atom stereocenters. The minimum Gasteiger partial charge on any atom is -0.469 e. The average molecular weight is 354 g/mol. The van der Waals surface area contributed by atoms with Gasteiger partial charge in [-0.25, -0.2) is 8.42 Å². The maximum absolute atomic E-state index is 12.4. The normalized spacial score (nSPS) is 15.2. The quantitative estimate of drug-likeness (QED) is 0.586. The summed E-state index contributed by atoms with van der Waals surface area (Å²) in [6.07, 6.45) is 2.49. The number of rotatable bonds is 7. The highest BCUT2D eigenvalue weighted by molar-refractivity contribution is 7.89. The fourth-order valence-corrected chi connectivity index (χ4v) is 4.01. The van der Waals surface area contributed by atoms with Crippen molar-refractivity contribution in [2.75, 3.05) is 26.7 Å². The van der Waals surface area contributed by atoms with Gasteiger partial charge in [-0.05, 0) is 43.5 Å². The van der Waals surface area contributed by atoms with Crippen molar-refractivity contribution in [1.29, 1.82) is 0 Å². The van der Waals surface area contributed by atoms with E-state index >= 15 is 0 Å². The largest absolute Gasteiger partial charge is 0.469 e. The van der Waals surface area contributed by atoms with Gasteiger partial charge in [-0.2, -0.15) is 4.31 Å². The van der Waals surface area contributed by atoms with Gasteiger partial charge in [0.2, 0.25) is 10.0 Å². The number of esters is 1. The van der Waals surface area contributed by atoms with Crippen molar-refractivity contribution in [3.8, 4) is 0 Å². The van der Waals surface area contributed by atoms with Crippen LogP contribution in [0.2, 0.25) is 0 Å². The topological polar surface area (TPSA) is 92.8 Å². The number of carbonyl (C=O) groups is 2. The highest BCUT2D eigenvalue weighted by Crippen LogP contribution is 2.21. The van der Waals surface area contributed by atoms with E-state index in [9.17, 15) is 18.0 Å². The van der Waals surface area contributed by atoms with E-state index in [-0.39, 0.29) is 23.2 Å². The van der Waals surface area contributed by atoms with Crippen LogP contribution in [0.3, 0.4) is 0 Å². The molecule has 132 valence electrons. The van der Waals surface area contributed by atoms with Gasteiger partial charge in [0, 0.05) is 31.6 Å². The van der Waals surface area contributed by atoms with Crippen LogP contribution >= 0.6 is 0 Å². The van der Waals surface area contributed by atoms with Gasteiger partial charge in [0.15, 0.2) is 0 Å². The molecule has 1 saturated heterocycles. The molecule has 1 aromatic rings. The van der Waals surface area contributed by atoms with Crippen molar-refractivity contribution in [2.24, 2.45) is 0 Å². The first-order valence-electron chi connectivity index (χ1n) is 7.90. The molecule has 0 spiro atoms. The van der Waals surface area contributed by atoms with Crippen LogP contribution in [0.5, 0.6) is 0 Å². The molecule has 1 aliphatic rings. The highest BCUT2D eigenvalue weighted by Gasteiger charge is 2.27. The van der Waals surface area contributed by atoms with Crippen LogP contribution in [-0.4, -0.2) is 51.3 Å². The van der Waals surface area contributed by atoms with E-state index in [1.807, 2.05) is 0 Å². The summed E-state index contributed by atoms with van der Waals surface area (Å²) in [6, 6.07) is 5.91. The molecule has 1 aliphatic heterocycles. The van der Waals surface area contributed by atoms with Gasteiger partial charge in [-0.15, -0.1) is 0 Å². The van der Waals surface area contributed by atoms with E-state index in [2.05, 4.69) is 10.1 Å². The van der Waals surface area contributed by atoms with Crippen LogP contribution in [0.15, 0.2) is 29.2 Å². The first-order chi connectivity index (χ1) is 11.4. The molecule has 1 fully saturated rings. The Bertz CT molecular complexity index is 679. The standard InChI is InChI=1S/C16H22N2O5S/c1-23-15(19)5-4-10-17-16(20)13-6-8-14(9-7-13)24(21,22)18-11-2-3-12-18/h6-9H,2-5,10-12H2,1H3,(H,17,20). The Morgan fingerprint density at radius 2 is 1.79 bits per heavy atom. The monoisotopic (exact) mass is 354 g/mol. The van der Waals surface area contributed by atoms with E-state index in [0.717, 1.165) is 12.8 Å². The zero-order valence-electron chi connectivity index (χ0n) is 13.7. The van der Waals surface area contributed by atoms with Crippen molar-refractivity contribution >= 4 is 21.9 Å². The molecule has 8 heteroatoms. The molecular weight excluding hydrogens is 332 g/mol. The smallest absolute Gasteiger partial charge is 0.305 e. The molecule has 0 aliphatic carbocycles. The molecule has 7 nitrogen and oxygen atoms in total. The number of nitrogens with one attached hydrogen (secondary N) is 1. The van der Waals surface area contributed by atoms with Crippen molar-refractivity contribution in [2.45, 2.75) is 30.6 Å². The summed E-state index contributed by atoms with van der Waals surface area (Å²) in [4.78, 5) is 23.2. The average Bonchev–Trinajstić information content (AvgIpc) is 3.13. The lowest BCUT2D eigenvalue weighted by Crippen LogP contribution is -2.28. The van der Waals surface area contributed by atoms with Crippen molar-refractivity contribution in [3.63, 3.8) is 0 Å². The van der Waals surface area contributed by atoms with E-state index in [4.69, 9.17) is 0 Å². The predicted molar refractivity (Wildman–Crippen MR) is 88.0 cm³/mol. The van der Waals surface area contributed by atoms with E-state index in [1.165, 1.54) is 35.7 Å². The van der Waals surface area contributed by atoms with Crippen molar-refractivity contribution in [3.05, 3.63) is 29.8 Å². The van der Waals surface area contributed by atoms with E-state index < -0.39 is 10.0 Å². The molecule has 0 saturated carbocycles. The Morgan fingerprint density at radius 1 is 1.17 bits per heavy atom. The van der Waals surface area contributed by atoms with Crippen LogP contribution in [-0.2, 0) is 19.6 Å². The van der Waals surface area contributed by atoms with Crippen LogP contribution in [0.25, 0.3) is 0 Å². The number of nitrogens with zero attached hydrogens (tertiary/aromatic N) is 1. The summed E-state index contributed by atoms with van der Waals surface area (Å²) in [7, 11) is -2.15.